The normalized spacial score (nSPS) is 31.2. The van der Waals surface area contributed by atoms with Crippen LogP contribution in [0.5, 0.6) is 0 Å². The SMILES string of the molecule is COCc1cc(CN2CCCC2C2CCCC2O)no1. The molecule has 5 nitrogen and oxygen atoms in total. The van der Waals surface area contributed by atoms with Gasteiger partial charge in [0.15, 0.2) is 5.76 Å². The second-order valence-corrected chi connectivity index (χ2v) is 6.06. The summed E-state index contributed by atoms with van der Waals surface area (Å²) < 4.78 is 10.3. The van der Waals surface area contributed by atoms with Crippen molar-refractivity contribution in [2.45, 2.75) is 57.4 Å². The van der Waals surface area contributed by atoms with Crippen molar-refractivity contribution in [2.75, 3.05) is 13.7 Å². The van der Waals surface area contributed by atoms with Crippen molar-refractivity contribution in [1.29, 1.82) is 0 Å². The van der Waals surface area contributed by atoms with Crippen molar-refractivity contribution in [2.24, 2.45) is 5.92 Å². The van der Waals surface area contributed by atoms with Gasteiger partial charge < -0.3 is 14.4 Å². The van der Waals surface area contributed by atoms with Crippen LogP contribution in [-0.4, -0.2) is 41.0 Å². The summed E-state index contributed by atoms with van der Waals surface area (Å²) in [5, 5.41) is 14.2. The molecule has 1 aliphatic heterocycles. The van der Waals surface area contributed by atoms with E-state index in [1.165, 1.54) is 12.8 Å². The van der Waals surface area contributed by atoms with Gasteiger partial charge in [0.25, 0.3) is 0 Å². The van der Waals surface area contributed by atoms with E-state index in [4.69, 9.17) is 9.26 Å². The lowest BCUT2D eigenvalue weighted by Gasteiger charge is -2.30. The summed E-state index contributed by atoms with van der Waals surface area (Å²) in [5.74, 6) is 1.22. The van der Waals surface area contributed by atoms with Crippen molar-refractivity contribution in [3.8, 4) is 0 Å². The molecule has 112 valence electrons. The Morgan fingerprint density at radius 3 is 3.05 bits per heavy atom. The number of aliphatic hydroxyl groups excluding tert-OH is 1. The highest BCUT2D eigenvalue weighted by Gasteiger charge is 2.38. The highest BCUT2D eigenvalue weighted by atomic mass is 16.5. The van der Waals surface area contributed by atoms with Crippen LogP contribution >= 0.6 is 0 Å². The zero-order valence-electron chi connectivity index (χ0n) is 12.1. The Morgan fingerprint density at radius 2 is 2.30 bits per heavy atom. The molecule has 5 heteroatoms. The molecule has 0 aromatic carbocycles. The lowest BCUT2D eigenvalue weighted by atomic mass is 9.94. The molecule has 0 radical (unpaired) electrons. The lowest BCUT2D eigenvalue weighted by Crippen LogP contribution is -2.38. The second kappa shape index (κ2) is 6.24. The second-order valence-electron chi connectivity index (χ2n) is 6.06. The summed E-state index contributed by atoms with van der Waals surface area (Å²) in [6.45, 7) is 2.39. The molecular formula is C15H24N2O3. The first-order valence-corrected chi connectivity index (χ1v) is 7.63. The summed E-state index contributed by atoms with van der Waals surface area (Å²) in [6, 6.07) is 2.49. The fourth-order valence-electron chi connectivity index (χ4n) is 3.80. The number of hydrogen-bond donors (Lipinski definition) is 1. The van der Waals surface area contributed by atoms with Gasteiger partial charge in [0.1, 0.15) is 6.61 Å². The van der Waals surface area contributed by atoms with Crippen LogP contribution in [0.15, 0.2) is 10.6 Å². The van der Waals surface area contributed by atoms with Crippen LogP contribution in [0, 0.1) is 5.92 Å². The number of hydrogen-bond acceptors (Lipinski definition) is 5. The van der Waals surface area contributed by atoms with E-state index in [9.17, 15) is 5.11 Å². The number of ether oxygens (including phenoxy) is 1. The van der Waals surface area contributed by atoms with Crippen LogP contribution in [0.25, 0.3) is 0 Å². The van der Waals surface area contributed by atoms with Crippen molar-refractivity contribution in [1.82, 2.24) is 10.1 Å². The molecule has 0 spiro atoms. The first-order valence-electron chi connectivity index (χ1n) is 7.63. The van der Waals surface area contributed by atoms with Gasteiger partial charge in [-0.15, -0.1) is 0 Å². The van der Waals surface area contributed by atoms with Gasteiger partial charge in [-0.3, -0.25) is 4.90 Å². The highest BCUT2D eigenvalue weighted by Crippen LogP contribution is 2.36. The average molecular weight is 280 g/mol. The maximum atomic E-state index is 10.1. The molecule has 1 aromatic heterocycles. The maximum absolute atomic E-state index is 10.1. The van der Waals surface area contributed by atoms with Crippen LogP contribution in [0.3, 0.4) is 0 Å². The van der Waals surface area contributed by atoms with Gasteiger partial charge in [-0.05, 0) is 32.2 Å². The van der Waals surface area contributed by atoms with Crippen LogP contribution in [0.4, 0.5) is 0 Å². The van der Waals surface area contributed by atoms with Gasteiger partial charge in [0.05, 0.1) is 11.8 Å². The van der Waals surface area contributed by atoms with E-state index in [1.807, 2.05) is 6.07 Å². The quantitative estimate of drug-likeness (QED) is 0.893. The molecule has 1 aromatic rings. The molecule has 3 atom stereocenters. The average Bonchev–Trinajstić information content (AvgIpc) is 3.13. The Labute approximate surface area is 119 Å². The van der Waals surface area contributed by atoms with E-state index in [2.05, 4.69) is 10.1 Å². The minimum atomic E-state index is -0.109. The molecule has 1 saturated carbocycles. The number of aromatic nitrogens is 1. The maximum Gasteiger partial charge on any atom is 0.162 e. The van der Waals surface area contributed by atoms with Gasteiger partial charge in [-0.25, -0.2) is 0 Å². The fraction of sp³-hybridized carbons (Fsp3) is 0.800. The molecule has 1 N–H and O–H groups in total. The van der Waals surface area contributed by atoms with Gasteiger partial charge in [-0.1, -0.05) is 11.6 Å². The number of aliphatic hydroxyl groups is 1. The van der Waals surface area contributed by atoms with Crippen molar-refractivity contribution in [3.05, 3.63) is 17.5 Å². The topological polar surface area (TPSA) is 58.7 Å². The van der Waals surface area contributed by atoms with E-state index >= 15 is 0 Å². The number of nitrogens with zero attached hydrogens (tertiary/aromatic N) is 2. The third kappa shape index (κ3) is 2.90. The number of methoxy groups -OCH3 is 1. The van der Waals surface area contributed by atoms with Gasteiger partial charge in [0, 0.05) is 31.7 Å². The first-order chi connectivity index (χ1) is 9.78. The lowest BCUT2D eigenvalue weighted by molar-refractivity contribution is 0.0710. The predicted molar refractivity (Wildman–Crippen MR) is 74.0 cm³/mol. The Bertz CT molecular complexity index is 435. The zero-order valence-corrected chi connectivity index (χ0v) is 12.1. The monoisotopic (exact) mass is 280 g/mol. The van der Waals surface area contributed by atoms with Crippen LogP contribution < -0.4 is 0 Å². The summed E-state index contributed by atoms with van der Waals surface area (Å²) in [5.41, 5.74) is 0.969. The summed E-state index contributed by atoms with van der Waals surface area (Å²) in [7, 11) is 1.65. The number of likely N-dealkylation sites (tertiary alicyclic amines) is 1. The van der Waals surface area contributed by atoms with E-state index in [-0.39, 0.29) is 6.10 Å². The Hall–Kier alpha value is -0.910. The van der Waals surface area contributed by atoms with E-state index < -0.39 is 0 Å². The van der Waals surface area contributed by atoms with Crippen LogP contribution in [0.1, 0.15) is 43.6 Å². The molecule has 2 aliphatic rings. The van der Waals surface area contributed by atoms with Gasteiger partial charge in [-0.2, -0.15) is 0 Å². The number of rotatable bonds is 5. The standard InChI is InChI=1S/C15H24N2O3/c1-19-10-12-8-11(16-20-12)9-17-7-3-5-14(17)13-4-2-6-15(13)18/h8,13-15,18H,2-7,9-10H2,1H3. The molecule has 2 heterocycles. The molecule has 0 amide bonds. The van der Waals surface area contributed by atoms with E-state index in [1.54, 1.807) is 7.11 Å². The van der Waals surface area contributed by atoms with Gasteiger partial charge in [0.2, 0.25) is 0 Å². The van der Waals surface area contributed by atoms with E-state index in [0.717, 1.165) is 43.8 Å². The van der Waals surface area contributed by atoms with E-state index in [0.29, 0.717) is 18.6 Å². The van der Waals surface area contributed by atoms with Crippen molar-refractivity contribution >= 4 is 0 Å². The Balaban J connectivity index is 1.63. The minimum absolute atomic E-state index is 0.109. The van der Waals surface area contributed by atoms with Crippen LogP contribution in [-0.2, 0) is 17.9 Å². The highest BCUT2D eigenvalue weighted by molar-refractivity contribution is 5.05. The molecule has 3 unspecified atom stereocenters. The van der Waals surface area contributed by atoms with Crippen molar-refractivity contribution in [3.63, 3.8) is 0 Å². The molecule has 0 bridgehead atoms. The molecule has 1 saturated heterocycles. The minimum Gasteiger partial charge on any atom is -0.393 e. The molecule has 1 aliphatic carbocycles. The molecule has 3 rings (SSSR count). The van der Waals surface area contributed by atoms with Crippen LogP contribution in [0.2, 0.25) is 0 Å². The summed E-state index contributed by atoms with van der Waals surface area (Å²) >= 11 is 0. The van der Waals surface area contributed by atoms with Crippen molar-refractivity contribution < 1.29 is 14.4 Å². The molecule has 2 fully saturated rings. The summed E-state index contributed by atoms with van der Waals surface area (Å²) in [4.78, 5) is 2.47. The van der Waals surface area contributed by atoms with Gasteiger partial charge >= 0.3 is 0 Å². The Kier molecular flexibility index (Phi) is 4.38. The first kappa shape index (κ1) is 14.0. The third-order valence-electron chi connectivity index (χ3n) is 4.70. The molecular weight excluding hydrogens is 256 g/mol. The zero-order chi connectivity index (χ0) is 13.9. The predicted octanol–water partition coefficient (Wildman–Crippen LogP) is 1.95. The Morgan fingerprint density at radius 1 is 1.40 bits per heavy atom. The third-order valence-corrected chi connectivity index (χ3v) is 4.70. The summed E-state index contributed by atoms with van der Waals surface area (Å²) in [6.07, 6.45) is 5.61. The fourth-order valence-corrected chi connectivity index (χ4v) is 3.80. The molecule has 20 heavy (non-hydrogen) atoms. The smallest absolute Gasteiger partial charge is 0.162 e. The largest absolute Gasteiger partial charge is 0.393 e.